The van der Waals surface area contributed by atoms with Crippen LogP contribution in [0.2, 0.25) is 5.02 Å². The fourth-order valence-corrected chi connectivity index (χ4v) is 3.13. The number of carbonyl (C=O) groups excluding carboxylic acids is 2. The molecule has 1 saturated heterocycles. The van der Waals surface area contributed by atoms with Crippen molar-refractivity contribution in [2.45, 2.75) is 36.6 Å². The highest BCUT2D eigenvalue weighted by atomic mass is 35.5. The number of piperidine rings is 1. The van der Waals surface area contributed by atoms with E-state index in [9.17, 15) is 9.59 Å². The fourth-order valence-electron chi connectivity index (χ4n) is 2.66. The average molecular weight is 408 g/mol. The van der Waals surface area contributed by atoms with E-state index in [1.165, 1.54) is 0 Å². The van der Waals surface area contributed by atoms with Crippen LogP contribution in [-0.4, -0.2) is 47.3 Å². The zero-order valence-electron chi connectivity index (χ0n) is 13.7. The van der Waals surface area contributed by atoms with Crippen LogP contribution in [0, 0.1) is 0 Å². The molecule has 0 radical (unpaired) electrons. The molecule has 1 N–H and O–H groups in total. The van der Waals surface area contributed by atoms with Crippen LogP contribution in [0.1, 0.15) is 25.7 Å². The Kier molecular flexibility index (Phi) is 8.13. The largest absolute Gasteiger partial charge is 0.492 e. The van der Waals surface area contributed by atoms with E-state index in [2.05, 4.69) is 5.32 Å². The summed E-state index contributed by atoms with van der Waals surface area (Å²) in [6.07, 6.45) is 2.39. The maximum Gasteiger partial charge on any atom is 0.255 e. The number of hydrogen-bond donors (Lipinski definition) is 1. The van der Waals surface area contributed by atoms with E-state index >= 15 is 0 Å². The van der Waals surface area contributed by atoms with Gasteiger partial charge in [-0.15, -0.1) is 0 Å². The summed E-state index contributed by atoms with van der Waals surface area (Å²) in [4.78, 5) is 24.3. The van der Waals surface area contributed by atoms with Gasteiger partial charge in [-0.1, -0.05) is 46.9 Å². The predicted molar refractivity (Wildman–Crippen MR) is 99.4 cm³/mol. The number of rotatable bonds is 7. The van der Waals surface area contributed by atoms with Crippen LogP contribution in [0.4, 0.5) is 0 Å². The summed E-state index contributed by atoms with van der Waals surface area (Å²) < 4.78 is 5.56. The molecule has 0 unspecified atom stereocenters. The smallest absolute Gasteiger partial charge is 0.255 e. The molecule has 0 bridgehead atoms. The van der Waals surface area contributed by atoms with Crippen LogP contribution in [0.5, 0.6) is 5.75 Å². The number of amides is 2. The molecule has 0 spiro atoms. The van der Waals surface area contributed by atoms with Gasteiger partial charge in [-0.3, -0.25) is 9.59 Å². The van der Waals surface area contributed by atoms with Gasteiger partial charge < -0.3 is 15.0 Å². The molecule has 0 aliphatic carbocycles. The van der Waals surface area contributed by atoms with E-state index in [1.807, 2.05) is 12.1 Å². The number of ether oxygens (including phenoxy) is 1. The maximum atomic E-state index is 12.0. The van der Waals surface area contributed by atoms with Gasteiger partial charge in [0.15, 0.2) is 4.84 Å². The number of carbonyl (C=O) groups is 2. The summed E-state index contributed by atoms with van der Waals surface area (Å²) in [6, 6.07) is 7.31. The van der Waals surface area contributed by atoms with Crippen molar-refractivity contribution in [3.05, 3.63) is 29.3 Å². The minimum Gasteiger partial charge on any atom is -0.492 e. The molecule has 1 fully saturated rings. The molecular weight excluding hydrogens is 387 g/mol. The molecule has 138 valence electrons. The van der Waals surface area contributed by atoms with E-state index in [1.54, 1.807) is 17.0 Å². The summed E-state index contributed by atoms with van der Waals surface area (Å²) in [7, 11) is 0. The monoisotopic (exact) mass is 406 g/mol. The number of alkyl halides is 2. The highest BCUT2D eigenvalue weighted by molar-refractivity contribution is 6.53. The van der Waals surface area contributed by atoms with Gasteiger partial charge in [-0.25, -0.2) is 0 Å². The van der Waals surface area contributed by atoms with Crippen molar-refractivity contribution in [2.75, 3.05) is 19.7 Å². The fraction of sp³-hybridized carbons (Fsp3) is 0.529. The number of para-hydroxylation sites is 1. The molecule has 1 aliphatic heterocycles. The molecule has 25 heavy (non-hydrogen) atoms. The van der Waals surface area contributed by atoms with Crippen LogP contribution in [-0.2, 0) is 9.59 Å². The van der Waals surface area contributed by atoms with Gasteiger partial charge >= 0.3 is 0 Å². The summed E-state index contributed by atoms with van der Waals surface area (Å²) in [6.45, 7) is 1.53. The first-order valence-electron chi connectivity index (χ1n) is 8.21. The molecule has 0 saturated carbocycles. The minimum absolute atomic E-state index is 0.0138. The molecule has 8 heteroatoms. The molecule has 2 amide bonds. The number of benzene rings is 1. The van der Waals surface area contributed by atoms with Crippen molar-refractivity contribution >= 4 is 46.6 Å². The van der Waals surface area contributed by atoms with Crippen LogP contribution in [0.3, 0.4) is 0 Å². The van der Waals surface area contributed by atoms with Gasteiger partial charge in [0, 0.05) is 25.6 Å². The van der Waals surface area contributed by atoms with E-state index in [-0.39, 0.29) is 17.9 Å². The molecule has 0 aromatic heterocycles. The van der Waals surface area contributed by atoms with Crippen molar-refractivity contribution in [1.82, 2.24) is 10.2 Å². The standard InChI is InChI=1S/C17H21Cl3N2O3/c18-13-4-1-2-5-14(13)25-11-3-6-15(23)21-12-7-9-22(10-8-12)17(24)16(19)20/h1-2,4-5,12,16H,3,6-11H2,(H,21,23). The van der Waals surface area contributed by atoms with Crippen molar-refractivity contribution in [3.63, 3.8) is 0 Å². The topological polar surface area (TPSA) is 58.6 Å². The first kappa shape index (κ1) is 20.1. The molecule has 0 atom stereocenters. The van der Waals surface area contributed by atoms with E-state index in [0.29, 0.717) is 56.2 Å². The maximum absolute atomic E-state index is 12.0. The highest BCUT2D eigenvalue weighted by Gasteiger charge is 2.26. The van der Waals surface area contributed by atoms with Gasteiger partial charge in [0.1, 0.15) is 5.75 Å². The molecule has 2 rings (SSSR count). The number of halogens is 3. The van der Waals surface area contributed by atoms with Crippen LogP contribution >= 0.6 is 34.8 Å². The lowest BCUT2D eigenvalue weighted by Gasteiger charge is -2.32. The van der Waals surface area contributed by atoms with E-state index in [0.717, 1.165) is 0 Å². The number of likely N-dealkylation sites (tertiary alicyclic amines) is 1. The number of hydrogen-bond acceptors (Lipinski definition) is 3. The zero-order valence-corrected chi connectivity index (χ0v) is 16.0. The Balaban J connectivity index is 1.61. The normalized spacial score (nSPS) is 15.3. The molecule has 1 heterocycles. The summed E-state index contributed by atoms with van der Waals surface area (Å²) in [5, 5.41) is 3.55. The SMILES string of the molecule is O=C(CCCOc1ccccc1Cl)NC1CCN(C(=O)C(Cl)Cl)CC1. The second-order valence-corrected chi connectivity index (χ2v) is 7.35. The number of nitrogens with zero attached hydrogens (tertiary/aromatic N) is 1. The molecule has 1 aromatic carbocycles. The Bertz CT molecular complexity index is 590. The van der Waals surface area contributed by atoms with Gasteiger partial charge in [-0.05, 0) is 31.4 Å². The van der Waals surface area contributed by atoms with Gasteiger partial charge in [-0.2, -0.15) is 0 Å². The third-order valence-electron chi connectivity index (χ3n) is 4.00. The van der Waals surface area contributed by atoms with Crippen molar-refractivity contribution in [2.24, 2.45) is 0 Å². The minimum atomic E-state index is -1.02. The Hall–Kier alpha value is -1.17. The first-order chi connectivity index (χ1) is 12.0. The predicted octanol–water partition coefficient (Wildman–Crippen LogP) is 3.41. The molecule has 1 aliphatic rings. The average Bonchev–Trinajstić information content (AvgIpc) is 2.60. The Morgan fingerprint density at radius 1 is 1.24 bits per heavy atom. The van der Waals surface area contributed by atoms with Gasteiger partial charge in [0.25, 0.3) is 5.91 Å². The summed E-state index contributed by atoms with van der Waals surface area (Å²) >= 11 is 17.2. The number of nitrogens with one attached hydrogen (secondary N) is 1. The van der Waals surface area contributed by atoms with Crippen LogP contribution in [0.15, 0.2) is 24.3 Å². The Morgan fingerprint density at radius 2 is 1.92 bits per heavy atom. The summed E-state index contributed by atoms with van der Waals surface area (Å²) in [5.41, 5.74) is 0. The highest BCUT2D eigenvalue weighted by Crippen LogP contribution is 2.23. The molecular formula is C17H21Cl3N2O3. The second kappa shape index (κ2) is 10.1. The van der Waals surface area contributed by atoms with E-state index in [4.69, 9.17) is 39.5 Å². The van der Waals surface area contributed by atoms with Crippen molar-refractivity contribution in [1.29, 1.82) is 0 Å². The van der Waals surface area contributed by atoms with E-state index < -0.39 is 4.84 Å². The Labute approximate surface area is 162 Å². The lowest BCUT2D eigenvalue weighted by atomic mass is 10.0. The molecule has 5 nitrogen and oxygen atoms in total. The lowest BCUT2D eigenvalue weighted by Crippen LogP contribution is -2.47. The van der Waals surface area contributed by atoms with Gasteiger partial charge in [0.2, 0.25) is 5.91 Å². The summed E-state index contributed by atoms with van der Waals surface area (Å²) in [5.74, 6) is 0.337. The zero-order chi connectivity index (χ0) is 18.2. The quantitative estimate of drug-likeness (QED) is 0.556. The lowest BCUT2D eigenvalue weighted by molar-refractivity contribution is -0.130. The second-order valence-electron chi connectivity index (χ2n) is 5.85. The third kappa shape index (κ3) is 6.57. The van der Waals surface area contributed by atoms with Crippen molar-refractivity contribution < 1.29 is 14.3 Å². The third-order valence-corrected chi connectivity index (χ3v) is 4.69. The van der Waals surface area contributed by atoms with Gasteiger partial charge in [0.05, 0.1) is 11.6 Å². The van der Waals surface area contributed by atoms with Crippen LogP contribution in [0.25, 0.3) is 0 Å². The first-order valence-corrected chi connectivity index (χ1v) is 9.46. The van der Waals surface area contributed by atoms with Crippen molar-refractivity contribution in [3.8, 4) is 5.75 Å². The molecule has 1 aromatic rings. The van der Waals surface area contributed by atoms with Crippen LogP contribution < -0.4 is 10.1 Å². The Morgan fingerprint density at radius 3 is 2.56 bits per heavy atom.